The molecule has 0 amide bonds. The zero-order chi connectivity index (χ0) is 16.5. The van der Waals surface area contributed by atoms with Gasteiger partial charge in [-0.2, -0.15) is 0 Å². The third-order valence-corrected chi connectivity index (χ3v) is 4.75. The highest BCUT2D eigenvalue weighted by atomic mass is 16.5. The summed E-state index contributed by atoms with van der Waals surface area (Å²) in [5, 5.41) is 0. The lowest BCUT2D eigenvalue weighted by Crippen LogP contribution is -2.05. The van der Waals surface area contributed by atoms with E-state index >= 15 is 0 Å². The van der Waals surface area contributed by atoms with E-state index in [-0.39, 0.29) is 5.78 Å². The van der Waals surface area contributed by atoms with Gasteiger partial charge in [0.05, 0.1) is 19.8 Å². The molecule has 0 fully saturated rings. The number of hydrogen-bond donors (Lipinski definition) is 0. The summed E-state index contributed by atoms with van der Waals surface area (Å²) in [6.45, 7) is 0. The minimum Gasteiger partial charge on any atom is -0.496 e. The van der Waals surface area contributed by atoms with Gasteiger partial charge in [0.2, 0.25) is 0 Å². The van der Waals surface area contributed by atoms with E-state index in [9.17, 15) is 4.79 Å². The molecule has 0 saturated carbocycles. The molecular formula is C20H30O3. The molecule has 0 aliphatic heterocycles. The van der Waals surface area contributed by atoms with Crippen molar-refractivity contribution in [2.24, 2.45) is 0 Å². The van der Waals surface area contributed by atoms with E-state index in [4.69, 9.17) is 9.47 Å². The predicted octanol–water partition coefficient (Wildman–Crippen LogP) is 5.34. The molecule has 0 spiro atoms. The van der Waals surface area contributed by atoms with Gasteiger partial charge in [-0.25, -0.2) is 0 Å². The minimum atomic E-state index is 0.166. The van der Waals surface area contributed by atoms with Gasteiger partial charge in [-0.05, 0) is 37.0 Å². The molecule has 2 aliphatic carbocycles. The molecule has 23 heavy (non-hydrogen) atoms. The Morgan fingerprint density at radius 2 is 1.22 bits per heavy atom. The number of methoxy groups -OCH3 is 2. The third kappa shape index (κ3) is 5.26. The van der Waals surface area contributed by atoms with Crippen molar-refractivity contribution in [3.8, 4) is 11.5 Å². The number of Topliss-reactive ketones (excluding diaryl/α,β-unsaturated/α-hetero) is 1. The molecule has 0 aromatic heterocycles. The Morgan fingerprint density at radius 3 is 1.78 bits per heavy atom. The second kappa shape index (κ2) is 9.59. The predicted molar refractivity (Wildman–Crippen MR) is 93.8 cm³/mol. The number of carbonyl (C=O) groups is 1. The Bertz CT molecular complexity index is 508. The Balaban J connectivity index is 2.23. The van der Waals surface area contributed by atoms with E-state index in [0.29, 0.717) is 17.7 Å². The smallest absolute Gasteiger partial charge is 0.166 e. The highest BCUT2D eigenvalue weighted by molar-refractivity contribution is 5.99. The van der Waals surface area contributed by atoms with E-state index in [1.807, 2.05) is 12.1 Å². The lowest BCUT2D eigenvalue weighted by atomic mass is 9.97. The molecule has 1 aromatic rings. The number of ketones is 1. The maximum absolute atomic E-state index is 12.5. The molecule has 0 heterocycles. The first-order valence-corrected chi connectivity index (χ1v) is 9.04. The molecule has 1 aromatic carbocycles. The Kier molecular flexibility index (Phi) is 7.44. The van der Waals surface area contributed by atoms with Gasteiger partial charge in [-0.1, -0.05) is 44.9 Å². The van der Waals surface area contributed by atoms with Crippen LogP contribution in [0.4, 0.5) is 0 Å². The zero-order valence-corrected chi connectivity index (χ0v) is 14.7. The van der Waals surface area contributed by atoms with Gasteiger partial charge in [0, 0.05) is 6.42 Å². The fraction of sp³-hybridized carbons (Fsp3) is 0.650. The van der Waals surface area contributed by atoms with Crippen molar-refractivity contribution in [1.82, 2.24) is 0 Å². The molecule has 0 N–H and O–H groups in total. The van der Waals surface area contributed by atoms with Gasteiger partial charge in [-0.3, -0.25) is 4.79 Å². The first kappa shape index (κ1) is 17.8. The van der Waals surface area contributed by atoms with Crippen LogP contribution in [0.3, 0.4) is 0 Å². The van der Waals surface area contributed by atoms with Gasteiger partial charge in [0.15, 0.2) is 5.78 Å². The average molecular weight is 318 g/mol. The summed E-state index contributed by atoms with van der Waals surface area (Å²) < 4.78 is 11.0. The Morgan fingerprint density at radius 1 is 0.696 bits per heavy atom. The van der Waals surface area contributed by atoms with Crippen LogP contribution >= 0.6 is 0 Å². The van der Waals surface area contributed by atoms with E-state index < -0.39 is 0 Å². The van der Waals surface area contributed by atoms with Crippen molar-refractivity contribution in [3.63, 3.8) is 0 Å². The molecule has 128 valence electrons. The summed E-state index contributed by atoms with van der Waals surface area (Å²) in [4.78, 5) is 12.5. The number of ether oxygens (including phenoxy) is 2. The third-order valence-electron chi connectivity index (χ3n) is 4.75. The molecule has 0 atom stereocenters. The highest BCUT2D eigenvalue weighted by Crippen LogP contribution is 2.31. The Hall–Kier alpha value is -1.51. The van der Waals surface area contributed by atoms with E-state index in [1.165, 1.54) is 38.5 Å². The molecule has 3 rings (SSSR count). The van der Waals surface area contributed by atoms with E-state index in [1.54, 1.807) is 14.2 Å². The van der Waals surface area contributed by atoms with Crippen LogP contribution in [0.25, 0.3) is 0 Å². The van der Waals surface area contributed by atoms with Crippen LogP contribution in [0.2, 0.25) is 0 Å². The largest absolute Gasteiger partial charge is 0.496 e. The van der Waals surface area contributed by atoms with Crippen LogP contribution in [-0.4, -0.2) is 20.0 Å². The minimum absolute atomic E-state index is 0.166. The van der Waals surface area contributed by atoms with Crippen molar-refractivity contribution < 1.29 is 14.3 Å². The first-order chi connectivity index (χ1) is 11.3. The lowest BCUT2D eigenvalue weighted by molar-refractivity contribution is 0.0975. The molecule has 0 unspecified atom stereocenters. The van der Waals surface area contributed by atoms with Crippen LogP contribution in [-0.2, 0) is 6.42 Å². The molecule has 2 aliphatic rings. The van der Waals surface area contributed by atoms with E-state index in [2.05, 4.69) is 0 Å². The van der Waals surface area contributed by atoms with Gasteiger partial charge in [-0.15, -0.1) is 0 Å². The summed E-state index contributed by atoms with van der Waals surface area (Å²) in [7, 11) is 3.32. The number of benzene rings is 1. The zero-order valence-electron chi connectivity index (χ0n) is 14.7. The number of hydrogen-bond acceptors (Lipinski definition) is 3. The summed E-state index contributed by atoms with van der Waals surface area (Å²) in [5.41, 5.74) is 1.81. The monoisotopic (exact) mass is 318 g/mol. The lowest BCUT2D eigenvalue weighted by Gasteiger charge is -2.15. The van der Waals surface area contributed by atoms with Crippen LogP contribution in [0.15, 0.2) is 12.1 Å². The SMILES string of the molecule is COc1cc2c(OC)cc1CCCCCCCCCCCC2=O. The van der Waals surface area contributed by atoms with Gasteiger partial charge < -0.3 is 9.47 Å². The van der Waals surface area contributed by atoms with Crippen molar-refractivity contribution in [2.45, 2.75) is 70.6 Å². The van der Waals surface area contributed by atoms with Gasteiger partial charge in [0.1, 0.15) is 11.5 Å². The van der Waals surface area contributed by atoms with Crippen molar-refractivity contribution >= 4 is 5.78 Å². The summed E-state index contributed by atoms with van der Waals surface area (Å²) in [6.07, 6.45) is 12.6. The number of fused-ring (bicyclic) bond motifs is 13. The molecule has 0 saturated heterocycles. The molecule has 3 heteroatoms. The number of rotatable bonds is 2. The summed E-state index contributed by atoms with van der Waals surface area (Å²) >= 11 is 0. The fourth-order valence-corrected chi connectivity index (χ4v) is 3.35. The van der Waals surface area contributed by atoms with Gasteiger partial charge in [0.25, 0.3) is 0 Å². The molecule has 2 bridgehead atoms. The quantitative estimate of drug-likeness (QED) is 0.738. The van der Waals surface area contributed by atoms with E-state index in [0.717, 1.165) is 37.0 Å². The van der Waals surface area contributed by atoms with Crippen LogP contribution in [0, 0.1) is 0 Å². The molecular weight excluding hydrogens is 288 g/mol. The van der Waals surface area contributed by atoms with Crippen molar-refractivity contribution in [2.75, 3.05) is 14.2 Å². The standard InChI is InChI=1S/C20H30O3/c1-22-19-15-17-18(21)13-11-9-7-5-3-4-6-8-10-12-16(19)14-20(17)23-2/h14-15H,3-13H2,1-2H3. The van der Waals surface area contributed by atoms with Crippen molar-refractivity contribution in [1.29, 1.82) is 0 Å². The highest BCUT2D eigenvalue weighted by Gasteiger charge is 2.17. The average Bonchev–Trinajstić information content (AvgIpc) is 2.57. The molecule has 3 nitrogen and oxygen atoms in total. The summed E-state index contributed by atoms with van der Waals surface area (Å²) in [5.74, 6) is 1.68. The maximum atomic E-state index is 12.5. The normalized spacial score (nSPS) is 17.9. The number of aryl methyl sites for hydroxylation is 1. The topological polar surface area (TPSA) is 35.5 Å². The van der Waals surface area contributed by atoms with Crippen molar-refractivity contribution in [3.05, 3.63) is 23.3 Å². The second-order valence-electron chi connectivity index (χ2n) is 6.47. The van der Waals surface area contributed by atoms with Crippen LogP contribution in [0.1, 0.15) is 80.1 Å². The van der Waals surface area contributed by atoms with Gasteiger partial charge >= 0.3 is 0 Å². The second-order valence-corrected chi connectivity index (χ2v) is 6.47. The van der Waals surface area contributed by atoms with Crippen LogP contribution < -0.4 is 9.47 Å². The summed E-state index contributed by atoms with van der Waals surface area (Å²) in [6, 6.07) is 3.88. The maximum Gasteiger partial charge on any atom is 0.166 e. The first-order valence-electron chi connectivity index (χ1n) is 9.04. The fourth-order valence-electron chi connectivity index (χ4n) is 3.35. The number of carbonyl (C=O) groups excluding carboxylic acids is 1. The Labute approximate surface area is 140 Å². The molecule has 0 radical (unpaired) electrons. The van der Waals surface area contributed by atoms with Crippen LogP contribution in [0.5, 0.6) is 11.5 Å².